The predicted octanol–water partition coefficient (Wildman–Crippen LogP) is 4.69. The second-order valence-electron chi connectivity index (χ2n) is 12.8. The van der Waals surface area contributed by atoms with Crippen LogP contribution in [0.3, 0.4) is 0 Å². The fourth-order valence-electron chi connectivity index (χ4n) is 7.55. The number of nitrogens with one attached hydrogen (secondary N) is 1. The third-order valence-electron chi connectivity index (χ3n) is 9.73. The minimum Gasteiger partial charge on any atom is -0.476 e. The van der Waals surface area contributed by atoms with Gasteiger partial charge in [0.2, 0.25) is 5.88 Å². The third kappa shape index (κ3) is 4.61. The Morgan fingerprint density at radius 2 is 1.73 bits per heavy atom. The van der Waals surface area contributed by atoms with Gasteiger partial charge in [0.25, 0.3) is 15.9 Å². The van der Waals surface area contributed by atoms with Crippen molar-refractivity contribution in [2.45, 2.75) is 63.3 Å². The number of aromatic nitrogens is 3. The average Bonchev–Trinajstić information content (AvgIpc) is 3.87. The minimum atomic E-state index is -4.04. The fourth-order valence-corrected chi connectivity index (χ4v) is 8.53. The van der Waals surface area contributed by atoms with Crippen molar-refractivity contribution < 1.29 is 17.9 Å². The van der Waals surface area contributed by atoms with Crippen molar-refractivity contribution in [3.8, 4) is 11.7 Å². The normalized spacial score (nSPS) is 22.8. The summed E-state index contributed by atoms with van der Waals surface area (Å²) in [5, 5.41) is 4.63. The van der Waals surface area contributed by atoms with E-state index in [-0.39, 0.29) is 29.5 Å². The number of pyridine rings is 1. The number of hydrogen-bond acceptors (Lipinski definition) is 7. The molecule has 2 aromatic heterocycles. The zero-order valence-electron chi connectivity index (χ0n) is 23.6. The SMILES string of the molecule is C[C@@H]1CN(c2nc(-n3ccc(OCC4C5(CC5)C45CC5)n3)ccc2C(=O)NS(=O)(=O)c2ccccc2)C(C)(C)C1.S. The van der Waals surface area contributed by atoms with Crippen LogP contribution in [0.25, 0.3) is 5.82 Å². The number of carbonyl (C=O) groups excluding carboxylic acids is 1. The molecule has 0 bridgehead atoms. The molecule has 1 atom stereocenters. The van der Waals surface area contributed by atoms with Gasteiger partial charge in [0.1, 0.15) is 5.82 Å². The van der Waals surface area contributed by atoms with Gasteiger partial charge in [-0.25, -0.2) is 22.8 Å². The van der Waals surface area contributed by atoms with E-state index in [0.717, 1.165) is 6.42 Å². The van der Waals surface area contributed by atoms with Crippen LogP contribution >= 0.6 is 13.5 Å². The molecule has 218 valence electrons. The molecule has 0 radical (unpaired) electrons. The summed E-state index contributed by atoms with van der Waals surface area (Å²) in [6, 6.07) is 13.0. The number of benzene rings is 1. The fraction of sp³-hybridized carbons (Fsp3) is 0.500. The van der Waals surface area contributed by atoms with Gasteiger partial charge in [0, 0.05) is 30.3 Å². The molecule has 1 aromatic carbocycles. The third-order valence-corrected chi connectivity index (χ3v) is 11.1. The minimum absolute atomic E-state index is 0. The summed E-state index contributed by atoms with van der Waals surface area (Å²) in [5.74, 6) is 1.87. The van der Waals surface area contributed by atoms with E-state index >= 15 is 0 Å². The van der Waals surface area contributed by atoms with Crippen LogP contribution in [-0.4, -0.2) is 47.8 Å². The van der Waals surface area contributed by atoms with E-state index in [9.17, 15) is 13.2 Å². The van der Waals surface area contributed by atoms with Gasteiger partial charge in [0.15, 0.2) is 5.82 Å². The molecular formula is C30H37N5O4S2. The standard InChI is InChI=1S/C30H35N5O4S.H2S/c1-20-17-28(2,3)34(18-20)26-22(27(36)33-40(37,38)21-7-5-4-6-8-21)9-10-24(31-26)35-16-11-25(32-35)39-19-23-29(12-13-29)30(23)14-15-30;/h4-11,16,20,23H,12-15,17-19H2,1-3H3,(H,33,36);1H2/t20-;/m0./s1. The summed E-state index contributed by atoms with van der Waals surface area (Å²) in [5.41, 5.74) is 1.09. The molecule has 0 unspecified atom stereocenters. The van der Waals surface area contributed by atoms with Crippen LogP contribution < -0.4 is 14.4 Å². The molecule has 3 aliphatic carbocycles. The van der Waals surface area contributed by atoms with E-state index in [1.165, 1.54) is 37.8 Å². The van der Waals surface area contributed by atoms with Crippen molar-refractivity contribution >= 4 is 35.2 Å². The Kier molecular flexibility index (Phi) is 6.50. The van der Waals surface area contributed by atoms with Gasteiger partial charge >= 0.3 is 0 Å². The van der Waals surface area contributed by atoms with Crippen molar-refractivity contribution in [1.29, 1.82) is 0 Å². The number of sulfonamides is 1. The number of nitrogens with zero attached hydrogens (tertiary/aromatic N) is 4. The molecule has 1 amide bonds. The summed E-state index contributed by atoms with van der Waals surface area (Å²) in [6.45, 7) is 7.81. The molecule has 3 heterocycles. The Balaban J connectivity index is 0.00000302. The van der Waals surface area contributed by atoms with Crippen LogP contribution in [0.4, 0.5) is 5.82 Å². The lowest BCUT2D eigenvalue weighted by atomic mass is 9.97. The largest absolute Gasteiger partial charge is 0.476 e. The van der Waals surface area contributed by atoms with Crippen molar-refractivity contribution in [2.24, 2.45) is 22.7 Å². The maximum Gasteiger partial charge on any atom is 0.268 e. The Hall–Kier alpha value is -3.05. The zero-order valence-corrected chi connectivity index (χ0v) is 25.4. The lowest BCUT2D eigenvalue weighted by Gasteiger charge is -2.34. The first kappa shape index (κ1) is 28.1. The lowest BCUT2D eigenvalue weighted by Crippen LogP contribution is -2.41. The van der Waals surface area contributed by atoms with Gasteiger partial charge in [0.05, 0.1) is 17.1 Å². The summed E-state index contributed by atoms with van der Waals surface area (Å²) < 4.78 is 35.9. The Morgan fingerprint density at radius 1 is 1.05 bits per heavy atom. The topological polar surface area (TPSA) is 106 Å². The van der Waals surface area contributed by atoms with Crippen LogP contribution in [0, 0.1) is 22.7 Å². The van der Waals surface area contributed by atoms with E-state index in [2.05, 4.69) is 35.5 Å². The molecule has 7 rings (SSSR count). The first-order valence-electron chi connectivity index (χ1n) is 14.1. The first-order valence-corrected chi connectivity index (χ1v) is 15.6. The summed E-state index contributed by atoms with van der Waals surface area (Å²) in [7, 11) is -4.04. The van der Waals surface area contributed by atoms with Crippen LogP contribution in [0.15, 0.2) is 59.6 Å². The van der Waals surface area contributed by atoms with Crippen molar-refractivity contribution in [3.05, 3.63) is 60.3 Å². The molecule has 1 aliphatic heterocycles. The second kappa shape index (κ2) is 9.49. The monoisotopic (exact) mass is 595 g/mol. The first-order chi connectivity index (χ1) is 19.0. The molecule has 41 heavy (non-hydrogen) atoms. The predicted molar refractivity (Wildman–Crippen MR) is 160 cm³/mol. The molecule has 11 heteroatoms. The number of fused-ring (bicyclic) bond motifs is 1. The molecule has 3 saturated carbocycles. The molecule has 2 spiro atoms. The van der Waals surface area contributed by atoms with Crippen LogP contribution in [0.1, 0.15) is 63.2 Å². The summed E-state index contributed by atoms with van der Waals surface area (Å²) in [4.78, 5) is 20.4. The number of anilines is 1. The number of ether oxygens (including phenoxy) is 1. The highest BCUT2D eigenvalue weighted by Gasteiger charge is 2.86. The molecular weight excluding hydrogens is 558 g/mol. The number of carbonyl (C=O) groups is 1. The summed E-state index contributed by atoms with van der Waals surface area (Å²) >= 11 is 0. The Bertz CT molecular complexity index is 1580. The summed E-state index contributed by atoms with van der Waals surface area (Å²) in [6.07, 6.45) is 8.12. The second-order valence-corrected chi connectivity index (χ2v) is 14.5. The van der Waals surface area contributed by atoms with E-state index in [1.54, 1.807) is 35.0 Å². The Morgan fingerprint density at radius 3 is 2.34 bits per heavy atom. The van der Waals surface area contributed by atoms with Crippen molar-refractivity contribution in [1.82, 2.24) is 19.5 Å². The van der Waals surface area contributed by atoms with E-state index in [1.807, 2.05) is 12.3 Å². The highest BCUT2D eigenvalue weighted by Crippen LogP contribution is 2.92. The number of amides is 1. The van der Waals surface area contributed by atoms with Gasteiger partial charge in [-0.3, -0.25) is 4.79 Å². The molecule has 4 aliphatic rings. The number of hydrogen-bond donors (Lipinski definition) is 1. The van der Waals surface area contributed by atoms with Crippen LogP contribution in [0.2, 0.25) is 0 Å². The molecule has 1 N–H and O–H groups in total. The smallest absolute Gasteiger partial charge is 0.268 e. The molecule has 4 fully saturated rings. The van der Waals surface area contributed by atoms with Gasteiger partial charge in [-0.2, -0.15) is 13.5 Å². The van der Waals surface area contributed by atoms with Crippen LogP contribution in [-0.2, 0) is 10.0 Å². The van der Waals surface area contributed by atoms with E-state index in [4.69, 9.17) is 9.72 Å². The van der Waals surface area contributed by atoms with Crippen molar-refractivity contribution in [2.75, 3.05) is 18.1 Å². The molecule has 9 nitrogen and oxygen atoms in total. The highest BCUT2D eigenvalue weighted by atomic mass is 32.2. The zero-order chi connectivity index (χ0) is 27.9. The van der Waals surface area contributed by atoms with Gasteiger partial charge < -0.3 is 9.64 Å². The molecule has 1 saturated heterocycles. The Labute approximate surface area is 248 Å². The number of rotatable bonds is 8. The quantitative estimate of drug-likeness (QED) is 0.403. The molecule has 3 aromatic rings. The van der Waals surface area contributed by atoms with Crippen LogP contribution in [0.5, 0.6) is 5.88 Å². The lowest BCUT2D eigenvalue weighted by molar-refractivity contribution is 0.0981. The maximum absolute atomic E-state index is 13.4. The van der Waals surface area contributed by atoms with E-state index in [0.29, 0.717) is 53.3 Å². The van der Waals surface area contributed by atoms with Gasteiger partial charge in [-0.05, 0) is 87.0 Å². The van der Waals surface area contributed by atoms with Crippen molar-refractivity contribution in [3.63, 3.8) is 0 Å². The van der Waals surface area contributed by atoms with Gasteiger partial charge in [-0.15, -0.1) is 5.10 Å². The van der Waals surface area contributed by atoms with E-state index < -0.39 is 15.9 Å². The average molecular weight is 596 g/mol. The maximum atomic E-state index is 13.4. The van der Waals surface area contributed by atoms with Gasteiger partial charge in [-0.1, -0.05) is 25.1 Å². The highest BCUT2D eigenvalue weighted by molar-refractivity contribution is 7.90.